The Bertz CT molecular complexity index is 456. The minimum atomic E-state index is -0.437. The normalized spacial score (nSPS) is 45.1. The fraction of sp³-hybridized carbons (Fsp3) is 1.00. The summed E-state index contributed by atoms with van der Waals surface area (Å²) in [5, 5.41) is 9.55. The van der Waals surface area contributed by atoms with Gasteiger partial charge in [-0.15, -0.1) is 0 Å². The molecule has 2 aliphatic carbocycles. The average molecular weight is 395 g/mol. The van der Waals surface area contributed by atoms with E-state index in [1.165, 1.54) is 38.5 Å². The molecule has 3 nitrogen and oxygen atoms in total. The van der Waals surface area contributed by atoms with E-state index in [1.807, 2.05) is 0 Å². The number of hydrogen-bond acceptors (Lipinski definition) is 3. The molecule has 0 amide bonds. The lowest BCUT2D eigenvalue weighted by Crippen LogP contribution is -2.56. The van der Waals surface area contributed by atoms with Crippen LogP contribution >= 0.6 is 0 Å². The van der Waals surface area contributed by atoms with Crippen LogP contribution in [0.15, 0.2) is 0 Å². The van der Waals surface area contributed by atoms with E-state index in [9.17, 15) is 5.11 Å². The molecule has 1 heterocycles. The Morgan fingerprint density at radius 2 is 1.36 bits per heavy atom. The largest absolute Gasteiger partial charge is 0.396 e. The van der Waals surface area contributed by atoms with Gasteiger partial charge in [0.2, 0.25) is 0 Å². The number of hydrogen-bond donors (Lipinski definition) is 1. The molecule has 0 aromatic carbocycles. The smallest absolute Gasteiger partial charge is 0.174 e. The molecule has 0 bridgehead atoms. The van der Waals surface area contributed by atoms with Crippen LogP contribution in [0.5, 0.6) is 0 Å². The lowest BCUT2D eigenvalue weighted by atomic mass is 9.58. The van der Waals surface area contributed by atoms with Crippen molar-refractivity contribution in [1.82, 2.24) is 0 Å². The third kappa shape index (κ3) is 4.47. The van der Waals surface area contributed by atoms with Gasteiger partial charge in [-0.2, -0.15) is 0 Å². The first-order chi connectivity index (χ1) is 13.3. The Labute approximate surface area is 174 Å². The molecule has 0 radical (unpaired) electrons. The highest BCUT2D eigenvalue weighted by molar-refractivity contribution is 5.01. The van der Waals surface area contributed by atoms with Crippen LogP contribution in [0.25, 0.3) is 0 Å². The first-order valence-electron chi connectivity index (χ1n) is 12.2. The van der Waals surface area contributed by atoms with Crippen LogP contribution < -0.4 is 0 Å². The summed E-state index contributed by atoms with van der Waals surface area (Å²) in [7, 11) is 0. The third-order valence-electron chi connectivity index (χ3n) is 8.37. The Kier molecular flexibility index (Phi) is 7.53. The molecule has 28 heavy (non-hydrogen) atoms. The molecule has 0 aromatic heterocycles. The van der Waals surface area contributed by atoms with Gasteiger partial charge in [0.15, 0.2) is 5.79 Å². The van der Waals surface area contributed by atoms with Crippen LogP contribution in [0.1, 0.15) is 86.5 Å². The Hall–Kier alpha value is -0.120. The molecule has 7 atom stereocenters. The number of rotatable bonds is 6. The molecule has 164 valence electrons. The SMILES string of the molecule is CC1CCC(C(C)C)C(C2(C3CC(C)CCC3C(C)C)OC[C@H](CCO)O2)C1. The summed E-state index contributed by atoms with van der Waals surface area (Å²) in [5.74, 6) is 4.71. The van der Waals surface area contributed by atoms with Crippen LogP contribution in [0, 0.1) is 47.3 Å². The fourth-order valence-corrected chi connectivity index (χ4v) is 6.83. The summed E-state index contributed by atoms with van der Waals surface area (Å²) in [6.07, 6.45) is 8.49. The predicted octanol–water partition coefficient (Wildman–Crippen LogP) is 5.90. The van der Waals surface area contributed by atoms with Crippen molar-refractivity contribution < 1.29 is 14.6 Å². The highest BCUT2D eigenvalue weighted by Gasteiger charge is 2.59. The van der Waals surface area contributed by atoms with E-state index in [-0.39, 0.29) is 12.7 Å². The van der Waals surface area contributed by atoms with Crippen molar-refractivity contribution in [2.24, 2.45) is 47.3 Å². The standard InChI is InChI=1S/C25H46O3/c1-16(2)21-9-7-18(5)13-23(21)25(27-15-20(28-25)11-12-26)24-14-19(6)8-10-22(24)17(3)4/h16-24,26H,7-15H2,1-6H3/t18?,19?,20-,21?,22?,23?,24?,25?/m0/s1. The first-order valence-corrected chi connectivity index (χ1v) is 12.2. The van der Waals surface area contributed by atoms with Gasteiger partial charge in [0.25, 0.3) is 0 Å². The summed E-state index contributed by atoms with van der Waals surface area (Å²) < 4.78 is 13.8. The van der Waals surface area contributed by atoms with Gasteiger partial charge in [-0.25, -0.2) is 0 Å². The molecule has 3 fully saturated rings. The number of aliphatic hydroxyl groups excluding tert-OH is 1. The molecule has 3 rings (SSSR count). The second-order valence-electron chi connectivity index (χ2n) is 11.1. The van der Waals surface area contributed by atoms with Crippen LogP contribution in [0.4, 0.5) is 0 Å². The third-order valence-corrected chi connectivity index (χ3v) is 8.37. The maximum atomic E-state index is 9.55. The van der Waals surface area contributed by atoms with Gasteiger partial charge in [-0.1, -0.05) is 54.4 Å². The van der Waals surface area contributed by atoms with Gasteiger partial charge < -0.3 is 14.6 Å². The molecule has 3 aliphatic rings. The molecule has 1 N–H and O–H groups in total. The van der Waals surface area contributed by atoms with Crippen LogP contribution in [0.3, 0.4) is 0 Å². The van der Waals surface area contributed by atoms with Crippen molar-refractivity contribution in [3.63, 3.8) is 0 Å². The van der Waals surface area contributed by atoms with Crippen LogP contribution in [-0.4, -0.2) is 30.2 Å². The maximum Gasteiger partial charge on any atom is 0.174 e. The average Bonchev–Trinajstić information content (AvgIpc) is 3.06. The number of ether oxygens (including phenoxy) is 2. The summed E-state index contributed by atoms with van der Waals surface area (Å²) in [6.45, 7) is 15.3. The summed E-state index contributed by atoms with van der Waals surface area (Å²) in [5.41, 5.74) is 0. The van der Waals surface area contributed by atoms with E-state index in [0.717, 1.165) is 11.8 Å². The van der Waals surface area contributed by atoms with E-state index in [2.05, 4.69) is 41.5 Å². The minimum absolute atomic E-state index is 0.0556. The van der Waals surface area contributed by atoms with Gasteiger partial charge in [-0.3, -0.25) is 0 Å². The van der Waals surface area contributed by atoms with E-state index in [0.29, 0.717) is 48.5 Å². The molecule has 0 spiro atoms. The zero-order valence-corrected chi connectivity index (χ0v) is 19.3. The van der Waals surface area contributed by atoms with Gasteiger partial charge in [0.05, 0.1) is 12.7 Å². The van der Waals surface area contributed by atoms with Crippen molar-refractivity contribution >= 4 is 0 Å². The Morgan fingerprint density at radius 1 is 0.857 bits per heavy atom. The Balaban J connectivity index is 1.99. The summed E-state index contributed by atoms with van der Waals surface area (Å²) in [6, 6.07) is 0. The molecule has 1 saturated heterocycles. The van der Waals surface area contributed by atoms with Gasteiger partial charge >= 0.3 is 0 Å². The number of aliphatic hydroxyl groups is 1. The maximum absolute atomic E-state index is 9.55. The fourth-order valence-electron chi connectivity index (χ4n) is 6.83. The van der Waals surface area contributed by atoms with Crippen LogP contribution in [0.2, 0.25) is 0 Å². The minimum Gasteiger partial charge on any atom is -0.396 e. The topological polar surface area (TPSA) is 38.7 Å². The highest BCUT2D eigenvalue weighted by atomic mass is 16.7. The molecule has 3 heteroatoms. The summed E-state index contributed by atoms with van der Waals surface area (Å²) in [4.78, 5) is 0. The van der Waals surface area contributed by atoms with E-state index >= 15 is 0 Å². The second kappa shape index (κ2) is 9.35. The second-order valence-corrected chi connectivity index (χ2v) is 11.1. The van der Waals surface area contributed by atoms with Gasteiger partial charge in [0.1, 0.15) is 0 Å². The van der Waals surface area contributed by atoms with E-state index < -0.39 is 5.79 Å². The molecule has 2 saturated carbocycles. The lowest BCUT2D eigenvalue weighted by molar-refractivity contribution is -0.280. The van der Waals surface area contributed by atoms with Gasteiger partial charge in [-0.05, 0) is 67.6 Å². The monoisotopic (exact) mass is 394 g/mol. The zero-order valence-electron chi connectivity index (χ0n) is 19.3. The molecular formula is C25H46O3. The Morgan fingerprint density at radius 3 is 1.79 bits per heavy atom. The van der Waals surface area contributed by atoms with Crippen molar-refractivity contribution in [1.29, 1.82) is 0 Å². The quantitative estimate of drug-likeness (QED) is 0.610. The van der Waals surface area contributed by atoms with Gasteiger partial charge in [0, 0.05) is 18.4 Å². The molecule has 1 aliphatic heterocycles. The van der Waals surface area contributed by atoms with E-state index in [1.54, 1.807) is 0 Å². The lowest BCUT2D eigenvalue weighted by Gasteiger charge is -2.53. The summed E-state index contributed by atoms with van der Waals surface area (Å²) >= 11 is 0. The van der Waals surface area contributed by atoms with Crippen molar-refractivity contribution in [2.45, 2.75) is 98.4 Å². The van der Waals surface area contributed by atoms with E-state index in [4.69, 9.17) is 9.47 Å². The molecular weight excluding hydrogens is 348 g/mol. The first kappa shape index (κ1) is 22.6. The predicted molar refractivity (Wildman–Crippen MR) is 115 cm³/mol. The highest BCUT2D eigenvalue weighted by Crippen LogP contribution is 2.56. The van der Waals surface area contributed by atoms with Crippen molar-refractivity contribution in [2.75, 3.05) is 13.2 Å². The van der Waals surface area contributed by atoms with Crippen molar-refractivity contribution in [3.8, 4) is 0 Å². The van der Waals surface area contributed by atoms with Crippen LogP contribution in [-0.2, 0) is 9.47 Å². The molecule has 6 unspecified atom stereocenters. The van der Waals surface area contributed by atoms with Crippen molar-refractivity contribution in [3.05, 3.63) is 0 Å². The zero-order chi connectivity index (χ0) is 20.5. The molecule has 0 aromatic rings.